The molecule has 2 aromatic rings. The zero-order valence-electron chi connectivity index (χ0n) is 11.1. The molecule has 0 aliphatic heterocycles. The highest BCUT2D eigenvalue weighted by Crippen LogP contribution is 2.42. The van der Waals surface area contributed by atoms with Crippen LogP contribution in [0.4, 0.5) is 32.0 Å². The van der Waals surface area contributed by atoms with Crippen LogP contribution in [-0.4, -0.2) is 4.92 Å². The fourth-order valence-corrected chi connectivity index (χ4v) is 2.06. The first kappa shape index (κ1) is 16.8. The Balaban J connectivity index is 2.72. The monoisotopic (exact) mass is 335 g/mol. The van der Waals surface area contributed by atoms with Crippen LogP contribution < -0.4 is 0 Å². The Morgan fingerprint density at radius 2 is 1.48 bits per heavy atom. The second kappa shape index (κ2) is 5.56. The molecule has 0 spiro atoms. The van der Waals surface area contributed by atoms with Gasteiger partial charge >= 0.3 is 12.4 Å². The van der Waals surface area contributed by atoms with Crippen molar-refractivity contribution < 1.29 is 31.3 Å². The van der Waals surface area contributed by atoms with Crippen LogP contribution in [-0.2, 0) is 12.4 Å². The third kappa shape index (κ3) is 3.43. The SMILES string of the molecule is O=[N+]([O-])c1c(-c2cccc(C(F)(F)F)c2)cccc1C(F)(F)F. The Morgan fingerprint density at radius 3 is 2.00 bits per heavy atom. The summed E-state index contributed by atoms with van der Waals surface area (Å²) in [6.45, 7) is 0. The fourth-order valence-electron chi connectivity index (χ4n) is 2.06. The van der Waals surface area contributed by atoms with Crippen molar-refractivity contribution in [3.63, 3.8) is 0 Å². The zero-order valence-corrected chi connectivity index (χ0v) is 11.1. The zero-order chi connectivity index (χ0) is 17.4. The molecule has 0 aromatic heterocycles. The van der Waals surface area contributed by atoms with E-state index in [0.717, 1.165) is 30.3 Å². The average Bonchev–Trinajstić information content (AvgIpc) is 2.44. The molecule has 23 heavy (non-hydrogen) atoms. The van der Waals surface area contributed by atoms with Gasteiger partial charge in [-0.05, 0) is 29.8 Å². The fraction of sp³-hybridized carbons (Fsp3) is 0.143. The first-order valence-corrected chi connectivity index (χ1v) is 6.04. The molecule has 0 aliphatic carbocycles. The maximum absolute atomic E-state index is 12.9. The van der Waals surface area contributed by atoms with Gasteiger partial charge in [0.25, 0.3) is 5.69 Å². The van der Waals surface area contributed by atoms with Crippen LogP contribution >= 0.6 is 0 Å². The number of nitro benzene ring substituents is 1. The van der Waals surface area contributed by atoms with Crippen LogP contribution in [0.3, 0.4) is 0 Å². The smallest absolute Gasteiger partial charge is 0.258 e. The Hall–Kier alpha value is -2.58. The van der Waals surface area contributed by atoms with Crippen molar-refractivity contribution in [1.82, 2.24) is 0 Å². The number of para-hydroxylation sites is 1. The summed E-state index contributed by atoms with van der Waals surface area (Å²) >= 11 is 0. The van der Waals surface area contributed by atoms with Crippen LogP contribution in [0, 0.1) is 10.1 Å². The van der Waals surface area contributed by atoms with Crippen molar-refractivity contribution in [3.8, 4) is 11.1 Å². The van der Waals surface area contributed by atoms with Gasteiger partial charge in [-0.15, -0.1) is 0 Å². The highest BCUT2D eigenvalue weighted by atomic mass is 19.4. The molecule has 0 N–H and O–H groups in total. The maximum atomic E-state index is 12.9. The summed E-state index contributed by atoms with van der Waals surface area (Å²) in [5.41, 5.74) is -4.76. The van der Waals surface area contributed by atoms with Gasteiger partial charge in [0.15, 0.2) is 0 Å². The summed E-state index contributed by atoms with van der Waals surface area (Å²) in [6, 6.07) is 5.74. The normalized spacial score (nSPS) is 12.3. The van der Waals surface area contributed by atoms with E-state index in [1.807, 2.05) is 0 Å². The van der Waals surface area contributed by atoms with E-state index < -0.39 is 39.7 Å². The van der Waals surface area contributed by atoms with Crippen molar-refractivity contribution in [3.05, 3.63) is 63.7 Å². The predicted octanol–water partition coefficient (Wildman–Crippen LogP) is 5.30. The van der Waals surface area contributed by atoms with E-state index in [1.54, 1.807) is 0 Å². The summed E-state index contributed by atoms with van der Waals surface area (Å²) in [7, 11) is 0. The maximum Gasteiger partial charge on any atom is 0.423 e. The second-order valence-electron chi connectivity index (χ2n) is 4.54. The lowest BCUT2D eigenvalue weighted by molar-refractivity contribution is -0.387. The third-order valence-corrected chi connectivity index (χ3v) is 3.02. The molecule has 0 unspecified atom stereocenters. The van der Waals surface area contributed by atoms with E-state index in [9.17, 15) is 36.5 Å². The molecular formula is C14H7F6NO2. The first-order valence-electron chi connectivity index (χ1n) is 6.04. The molecular weight excluding hydrogens is 328 g/mol. The molecule has 0 saturated carbocycles. The number of alkyl halides is 6. The quantitative estimate of drug-likeness (QED) is 0.425. The molecule has 2 rings (SSSR count). The third-order valence-electron chi connectivity index (χ3n) is 3.02. The van der Waals surface area contributed by atoms with Crippen LogP contribution in [0.2, 0.25) is 0 Å². The standard InChI is InChI=1S/C14H7F6NO2/c15-13(16,17)9-4-1-3-8(7-9)10-5-2-6-11(14(18,19)20)12(10)21(22)23/h1-7H. The van der Waals surface area contributed by atoms with Gasteiger partial charge in [0, 0.05) is 0 Å². The number of hydrogen-bond acceptors (Lipinski definition) is 2. The van der Waals surface area contributed by atoms with E-state index in [-0.39, 0.29) is 5.56 Å². The van der Waals surface area contributed by atoms with Crippen LogP contribution in [0.5, 0.6) is 0 Å². The highest BCUT2D eigenvalue weighted by Gasteiger charge is 2.40. The summed E-state index contributed by atoms with van der Waals surface area (Å²) < 4.78 is 76.8. The van der Waals surface area contributed by atoms with Crippen molar-refractivity contribution >= 4 is 5.69 Å². The topological polar surface area (TPSA) is 43.1 Å². The molecule has 0 fully saturated rings. The van der Waals surface area contributed by atoms with Gasteiger partial charge in [0.05, 0.1) is 16.1 Å². The molecule has 0 saturated heterocycles. The first-order chi connectivity index (χ1) is 10.5. The number of rotatable bonds is 2. The molecule has 0 bridgehead atoms. The summed E-state index contributed by atoms with van der Waals surface area (Å²) in [4.78, 5) is 9.78. The number of nitro groups is 1. The Morgan fingerprint density at radius 1 is 0.870 bits per heavy atom. The average molecular weight is 335 g/mol. The highest BCUT2D eigenvalue weighted by molar-refractivity contribution is 5.76. The molecule has 2 aromatic carbocycles. The van der Waals surface area contributed by atoms with E-state index in [2.05, 4.69) is 0 Å². The van der Waals surface area contributed by atoms with E-state index in [4.69, 9.17) is 0 Å². The molecule has 9 heteroatoms. The summed E-state index contributed by atoms with van der Waals surface area (Å²) in [5.74, 6) is 0. The van der Waals surface area contributed by atoms with Gasteiger partial charge in [0.1, 0.15) is 5.56 Å². The Bertz CT molecular complexity index is 752. The van der Waals surface area contributed by atoms with E-state index >= 15 is 0 Å². The lowest BCUT2D eigenvalue weighted by Crippen LogP contribution is -2.10. The summed E-state index contributed by atoms with van der Waals surface area (Å²) in [6.07, 6.45) is -9.72. The van der Waals surface area contributed by atoms with Crippen LogP contribution in [0.15, 0.2) is 42.5 Å². The van der Waals surface area contributed by atoms with Gasteiger partial charge in [-0.2, -0.15) is 26.3 Å². The van der Waals surface area contributed by atoms with Crippen LogP contribution in [0.25, 0.3) is 11.1 Å². The number of hydrogen-bond donors (Lipinski definition) is 0. The van der Waals surface area contributed by atoms with E-state index in [1.165, 1.54) is 0 Å². The lowest BCUT2D eigenvalue weighted by Gasteiger charge is -2.12. The second-order valence-corrected chi connectivity index (χ2v) is 4.54. The summed E-state index contributed by atoms with van der Waals surface area (Å²) in [5, 5.41) is 11.0. The minimum Gasteiger partial charge on any atom is -0.258 e. The van der Waals surface area contributed by atoms with E-state index in [0.29, 0.717) is 12.1 Å². The van der Waals surface area contributed by atoms with Crippen molar-refractivity contribution in [2.75, 3.05) is 0 Å². The Kier molecular flexibility index (Phi) is 4.06. The van der Waals surface area contributed by atoms with Gasteiger partial charge in [-0.25, -0.2) is 0 Å². The van der Waals surface area contributed by atoms with Crippen molar-refractivity contribution in [2.24, 2.45) is 0 Å². The number of halogens is 6. The molecule has 0 atom stereocenters. The Labute approximate surface area is 125 Å². The molecule has 0 radical (unpaired) electrons. The molecule has 0 heterocycles. The van der Waals surface area contributed by atoms with Crippen molar-refractivity contribution in [2.45, 2.75) is 12.4 Å². The largest absolute Gasteiger partial charge is 0.423 e. The van der Waals surface area contributed by atoms with Crippen LogP contribution in [0.1, 0.15) is 11.1 Å². The molecule has 0 aliphatic rings. The molecule has 0 amide bonds. The minimum absolute atomic E-state index is 0.322. The number of nitrogens with zero attached hydrogens (tertiary/aromatic N) is 1. The van der Waals surface area contributed by atoms with Gasteiger partial charge < -0.3 is 0 Å². The van der Waals surface area contributed by atoms with Gasteiger partial charge in [-0.1, -0.05) is 18.2 Å². The minimum atomic E-state index is -5.00. The van der Waals surface area contributed by atoms with Gasteiger partial charge in [-0.3, -0.25) is 10.1 Å². The number of benzene rings is 2. The van der Waals surface area contributed by atoms with Gasteiger partial charge in [0.2, 0.25) is 0 Å². The lowest BCUT2D eigenvalue weighted by atomic mass is 9.98. The predicted molar refractivity (Wildman–Crippen MR) is 68.5 cm³/mol. The molecule has 122 valence electrons. The van der Waals surface area contributed by atoms with Crippen molar-refractivity contribution in [1.29, 1.82) is 0 Å². The molecule has 3 nitrogen and oxygen atoms in total.